The van der Waals surface area contributed by atoms with E-state index in [0.29, 0.717) is 17.7 Å². The number of carbonyl (C=O) groups excluding carboxylic acids is 2. The number of methoxy groups -OCH3 is 1. The van der Waals surface area contributed by atoms with Gasteiger partial charge in [-0.2, -0.15) is 0 Å². The number of fused-ring (bicyclic) bond motifs is 1. The van der Waals surface area contributed by atoms with Gasteiger partial charge in [0.15, 0.2) is 5.84 Å². The van der Waals surface area contributed by atoms with E-state index >= 15 is 0 Å². The van der Waals surface area contributed by atoms with Crippen LogP contribution in [-0.4, -0.2) is 34.4 Å². The minimum absolute atomic E-state index is 0.116. The van der Waals surface area contributed by atoms with Crippen molar-refractivity contribution < 1.29 is 19.2 Å². The number of ether oxygens (including phenoxy) is 1. The summed E-state index contributed by atoms with van der Waals surface area (Å²) in [5, 5.41) is 3.71. The Balaban J connectivity index is 1.67. The first kappa shape index (κ1) is 22.7. The molecular weight excluding hydrogens is 432 g/mol. The number of amidine groups is 1. The van der Waals surface area contributed by atoms with Crippen LogP contribution in [0.3, 0.4) is 0 Å². The van der Waals surface area contributed by atoms with Crippen LogP contribution in [0.5, 0.6) is 0 Å². The van der Waals surface area contributed by atoms with Crippen LogP contribution in [0.25, 0.3) is 22.2 Å². The summed E-state index contributed by atoms with van der Waals surface area (Å²) >= 11 is 0. The fourth-order valence-corrected chi connectivity index (χ4v) is 3.86. The summed E-state index contributed by atoms with van der Waals surface area (Å²) < 4.78 is 6.97. The Labute approximate surface area is 196 Å². The second-order valence-corrected chi connectivity index (χ2v) is 7.71. The van der Waals surface area contributed by atoms with Crippen LogP contribution in [0.2, 0.25) is 0 Å². The SMILES string of the molecule is COC(=O)c1cccc2nc(C)n(Cc3ccc(-c4ccccc4/C(N)=N/OC(C)=O)cc3)c12. The zero-order valence-corrected chi connectivity index (χ0v) is 19.1. The average molecular weight is 457 g/mol. The molecule has 0 spiro atoms. The first-order valence-corrected chi connectivity index (χ1v) is 10.6. The van der Waals surface area contributed by atoms with Crippen LogP contribution in [0.15, 0.2) is 71.9 Å². The van der Waals surface area contributed by atoms with Crippen molar-refractivity contribution in [1.82, 2.24) is 9.55 Å². The maximum Gasteiger partial charge on any atom is 0.340 e. The quantitative estimate of drug-likeness (QED) is 0.154. The van der Waals surface area contributed by atoms with Gasteiger partial charge in [0.05, 0.1) is 23.7 Å². The smallest absolute Gasteiger partial charge is 0.340 e. The van der Waals surface area contributed by atoms with Gasteiger partial charge in [-0.15, -0.1) is 0 Å². The highest BCUT2D eigenvalue weighted by molar-refractivity contribution is 6.03. The summed E-state index contributed by atoms with van der Waals surface area (Å²) in [6, 6.07) is 20.9. The molecule has 1 aromatic heterocycles. The number of hydrogen-bond acceptors (Lipinski definition) is 6. The lowest BCUT2D eigenvalue weighted by Crippen LogP contribution is -2.15. The van der Waals surface area contributed by atoms with Gasteiger partial charge in [-0.25, -0.2) is 14.6 Å². The molecule has 1 heterocycles. The van der Waals surface area contributed by atoms with E-state index in [9.17, 15) is 9.59 Å². The van der Waals surface area contributed by atoms with Crippen LogP contribution in [-0.2, 0) is 20.9 Å². The largest absolute Gasteiger partial charge is 0.465 e. The number of nitrogens with zero attached hydrogens (tertiary/aromatic N) is 3. The molecule has 0 unspecified atom stereocenters. The molecule has 0 aliphatic heterocycles. The molecule has 0 atom stereocenters. The maximum atomic E-state index is 12.3. The number of rotatable bonds is 6. The number of hydrogen-bond donors (Lipinski definition) is 1. The summed E-state index contributed by atoms with van der Waals surface area (Å²) in [5.74, 6) is -0.0184. The van der Waals surface area contributed by atoms with Gasteiger partial charge >= 0.3 is 11.9 Å². The molecular formula is C26H24N4O4. The molecule has 0 amide bonds. The van der Waals surface area contributed by atoms with Gasteiger partial charge in [-0.3, -0.25) is 0 Å². The number of nitrogens with two attached hydrogens (primary N) is 1. The second-order valence-electron chi connectivity index (χ2n) is 7.71. The third kappa shape index (κ3) is 4.52. The monoisotopic (exact) mass is 456 g/mol. The molecule has 0 fully saturated rings. The first-order valence-electron chi connectivity index (χ1n) is 10.6. The number of benzene rings is 3. The van der Waals surface area contributed by atoms with Gasteiger partial charge in [0, 0.05) is 19.0 Å². The highest BCUT2D eigenvalue weighted by Crippen LogP contribution is 2.26. The molecule has 0 bridgehead atoms. The van der Waals surface area contributed by atoms with Crippen molar-refractivity contribution in [2.75, 3.05) is 7.11 Å². The number of aryl methyl sites for hydroxylation is 1. The van der Waals surface area contributed by atoms with Crippen molar-refractivity contribution in [2.45, 2.75) is 20.4 Å². The normalized spacial score (nSPS) is 11.4. The number of aromatic nitrogens is 2. The second kappa shape index (κ2) is 9.58. The number of para-hydroxylation sites is 1. The molecule has 0 radical (unpaired) electrons. The number of carbonyl (C=O) groups is 2. The van der Waals surface area contributed by atoms with Crippen LogP contribution in [0.1, 0.15) is 34.2 Å². The molecule has 4 aromatic rings. The van der Waals surface area contributed by atoms with Crippen molar-refractivity contribution in [3.05, 3.63) is 89.2 Å². The molecule has 8 heteroatoms. The Morgan fingerprint density at radius 2 is 1.71 bits per heavy atom. The van der Waals surface area contributed by atoms with Gasteiger partial charge in [0.2, 0.25) is 0 Å². The van der Waals surface area contributed by atoms with Gasteiger partial charge in [0.25, 0.3) is 0 Å². The Kier molecular flexibility index (Phi) is 6.40. The fourth-order valence-electron chi connectivity index (χ4n) is 3.86. The Hall–Kier alpha value is -4.46. The third-order valence-corrected chi connectivity index (χ3v) is 5.44. The van der Waals surface area contributed by atoms with Crippen LogP contribution < -0.4 is 5.73 Å². The predicted octanol–water partition coefficient (Wildman–Crippen LogP) is 4.03. The molecule has 172 valence electrons. The van der Waals surface area contributed by atoms with E-state index in [1.165, 1.54) is 14.0 Å². The van der Waals surface area contributed by atoms with Crippen LogP contribution >= 0.6 is 0 Å². The Morgan fingerprint density at radius 3 is 2.41 bits per heavy atom. The average Bonchev–Trinajstić information content (AvgIpc) is 3.17. The number of imidazole rings is 1. The summed E-state index contributed by atoms with van der Waals surface area (Å²) in [7, 11) is 1.37. The van der Waals surface area contributed by atoms with Crippen molar-refractivity contribution in [3.8, 4) is 11.1 Å². The van der Waals surface area contributed by atoms with E-state index in [1.54, 1.807) is 12.1 Å². The highest BCUT2D eigenvalue weighted by Gasteiger charge is 2.17. The topological polar surface area (TPSA) is 109 Å². The van der Waals surface area contributed by atoms with E-state index in [2.05, 4.69) is 10.1 Å². The maximum absolute atomic E-state index is 12.3. The minimum atomic E-state index is -0.539. The first-order chi connectivity index (χ1) is 16.4. The number of esters is 1. The fraction of sp³-hybridized carbons (Fsp3) is 0.154. The molecule has 0 saturated carbocycles. The Bertz CT molecular complexity index is 1400. The minimum Gasteiger partial charge on any atom is -0.465 e. The highest BCUT2D eigenvalue weighted by atomic mass is 16.7. The van der Waals surface area contributed by atoms with E-state index in [4.69, 9.17) is 15.3 Å². The molecule has 8 nitrogen and oxygen atoms in total. The third-order valence-electron chi connectivity index (χ3n) is 5.44. The standard InChI is InChI=1S/C26H24N4O4/c1-16-28-23-10-6-9-22(26(32)33-3)24(23)30(16)15-18-11-13-19(14-12-18)20-7-4-5-8-21(20)25(27)29-34-17(2)31/h4-14H,15H2,1-3H3,(H2,27,29). The molecule has 4 rings (SSSR count). The van der Waals surface area contributed by atoms with Crippen molar-refractivity contribution in [3.63, 3.8) is 0 Å². The lowest BCUT2D eigenvalue weighted by molar-refractivity contribution is -0.140. The van der Waals surface area contributed by atoms with E-state index in [-0.39, 0.29) is 5.84 Å². The van der Waals surface area contributed by atoms with E-state index in [0.717, 1.165) is 33.5 Å². The van der Waals surface area contributed by atoms with E-state index in [1.807, 2.05) is 66.1 Å². The zero-order chi connectivity index (χ0) is 24.2. The summed E-state index contributed by atoms with van der Waals surface area (Å²) in [4.78, 5) is 32.7. The Morgan fingerprint density at radius 1 is 1.00 bits per heavy atom. The van der Waals surface area contributed by atoms with Crippen LogP contribution in [0.4, 0.5) is 0 Å². The van der Waals surface area contributed by atoms with Gasteiger partial charge in [-0.1, -0.05) is 59.8 Å². The van der Waals surface area contributed by atoms with Crippen molar-refractivity contribution in [2.24, 2.45) is 10.9 Å². The van der Waals surface area contributed by atoms with Gasteiger partial charge in [0.1, 0.15) is 5.82 Å². The number of oxime groups is 1. The van der Waals surface area contributed by atoms with Gasteiger partial charge < -0.3 is 19.9 Å². The predicted molar refractivity (Wildman–Crippen MR) is 129 cm³/mol. The van der Waals surface area contributed by atoms with E-state index < -0.39 is 11.9 Å². The summed E-state index contributed by atoms with van der Waals surface area (Å²) in [6.07, 6.45) is 0. The zero-order valence-electron chi connectivity index (χ0n) is 19.1. The van der Waals surface area contributed by atoms with Crippen LogP contribution in [0, 0.1) is 6.92 Å². The summed E-state index contributed by atoms with van der Waals surface area (Å²) in [5.41, 5.74) is 11.5. The van der Waals surface area contributed by atoms with Gasteiger partial charge in [-0.05, 0) is 35.7 Å². The molecule has 3 aromatic carbocycles. The van der Waals surface area contributed by atoms with Crippen molar-refractivity contribution in [1.29, 1.82) is 0 Å². The lowest BCUT2D eigenvalue weighted by atomic mass is 9.98. The molecule has 0 saturated heterocycles. The molecule has 0 aliphatic rings. The summed E-state index contributed by atoms with van der Waals surface area (Å²) in [6.45, 7) is 3.71. The molecule has 0 aliphatic carbocycles. The molecule has 2 N–H and O–H groups in total. The lowest BCUT2D eigenvalue weighted by Gasteiger charge is -2.12. The molecule has 34 heavy (non-hydrogen) atoms. The van der Waals surface area contributed by atoms with Crippen molar-refractivity contribution >= 4 is 28.8 Å².